The van der Waals surface area contributed by atoms with E-state index in [-0.39, 0.29) is 5.82 Å². The highest BCUT2D eigenvalue weighted by molar-refractivity contribution is 5.47. The number of hydrogen-bond donors (Lipinski definition) is 1. The van der Waals surface area contributed by atoms with Crippen LogP contribution in [0.2, 0.25) is 0 Å². The minimum absolute atomic E-state index is 0.277. The van der Waals surface area contributed by atoms with E-state index in [2.05, 4.69) is 12.0 Å². The molecule has 18 heavy (non-hydrogen) atoms. The van der Waals surface area contributed by atoms with Crippen LogP contribution in [0.25, 0.3) is 0 Å². The van der Waals surface area contributed by atoms with Crippen LogP contribution in [0.15, 0.2) is 18.2 Å². The van der Waals surface area contributed by atoms with Gasteiger partial charge in [0, 0.05) is 16.9 Å². The fourth-order valence-electron chi connectivity index (χ4n) is 2.29. The van der Waals surface area contributed by atoms with Gasteiger partial charge in [0.1, 0.15) is 5.82 Å². The van der Waals surface area contributed by atoms with Gasteiger partial charge in [0.15, 0.2) is 0 Å². The molecule has 2 aromatic rings. The number of aryl methyl sites for hydroxylation is 1. The van der Waals surface area contributed by atoms with Crippen LogP contribution in [0.1, 0.15) is 29.4 Å². The predicted molar refractivity (Wildman–Crippen MR) is 71.0 cm³/mol. The SMILES string of the molecule is CCc1c(C)nn(Cc2c(N)cccc2F)c1C. The van der Waals surface area contributed by atoms with Crippen molar-refractivity contribution in [1.29, 1.82) is 0 Å². The number of halogens is 1. The molecule has 0 aliphatic rings. The Bertz CT molecular complexity index is 552. The number of anilines is 1. The number of nitrogens with two attached hydrogens (primary N) is 1. The summed E-state index contributed by atoms with van der Waals surface area (Å²) in [7, 11) is 0. The van der Waals surface area contributed by atoms with Gasteiger partial charge in [-0.25, -0.2) is 4.39 Å². The lowest BCUT2D eigenvalue weighted by atomic mass is 10.1. The summed E-state index contributed by atoms with van der Waals surface area (Å²) in [6.07, 6.45) is 0.935. The Kier molecular flexibility index (Phi) is 3.36. The molecule has 1 aromatic carbocycles. The van der Waals surface area contributed by atoms with Crippen molar-refractivity contribution in [3.63, 3.8) is 0 Å². The Morgan fingerprint density at radius 1 is 1.28 bits per heavy atom. The molecule has 0 fully saturated rings. The van der Waals surface area contributed by atoms with Gasteiger partial charge < -0.3 is 5.73 Å². The summed E-state index contributed by atoms with van der Waals surface area (Å²) < 4.78 is 15.6. The largest absolute Gasteiger partial charge is 0.398 e. The minimum Gasteiger partial charge on any atom is -0.398 e. The van der Waals surface area contributed by atoms with E-state index >= 15 is 0 Å². The summed E-state index contributed by atoms with van der Waals surface area (Å²) in [5, 5.41) is 4.45. The Labute approximate surface area is 106 Å². The quantitative estimate of drug-likeness (QED) is 0.847. The normalized spacial score (nSPS) is 10.9. The predicted octanol–water partition coefficient (Wildman–Crippen LogP) is 2.83. The van der Waals surface area contributed by atoms with Crippen molar-refractivity contribution in [2.45, 2.75) is 33.7 Å². The standard InChI is InChI=1S/C14H18FN3/c1-4-11-9(2)17-18(10(11)3)8-12-13(15)6-5-7-14(12)16/h5-7H,4,8,16H2,1-3H3. The Morgan fingerprint density at radius 3 is 2.56 bits per heavy atom. The van der Waals surface area contributed by atoms with Crippen LogP contribution >= 0.6 is 0 Å². The van der Waals surface area contributed by atoms with E-state index in [0.29, 0.717) is 17.8 Å². The molecule has 0 aliphatic heterocycles. The highest BCUT2D eigenvalue weighted by Gasteiger charge is 2.13. The molecule has 0 aliphatic carbocycles. The Balaban J connectivity index is 2.41. The first kappa shape index (κ1) is 12.6. The van der Waals surface area contributed by atoms with E-state index < -0.39 is 0 Å². The molecule has 0 bridgehead atoms. The van der Waals surface area contributed by atoms with E-state index in [1.165, 1.54) is 11.6 Å². The third-order valence-electron chi connectivity index (χ3n) is 3.35. The average molecular weight is 247 g/mol. The van der Waals surface area contributed by atoms with Crippen LogP contribution in [0.4, 0.5) is 10.1 Å². The first-order valence-corrected chi connectivity index (χ1v) is 6.10. The summed E-state index contributed by atoms with van der Waals surface area (Å²) in [5.41, 5.74) is 10.1. The topological polar surface area (TPSA) is 43.8 Å². The van der Waals surface area contributed by atoms with Gasteiger partial charge in [-0.05, 0) is 38.0 Å². The third kappa shape index (κ3) is 2.10. The first-order chi connectivity index (χ1) is 8.54. The van der Waals surface area contributed by atoms with Crippen molar-refractivity contribution < 1.29 is 4.39 Å². The summed E-state index contributed by atoms with van der Waals surface area (Å²) in [6, 6.07) is 4.76. The molecule has 1 aromatic heterocycles. The second-order valence-electron chi connectivity index (χ2n) is 4.47. The molecule has 0 amide bonds. The van der Waals surface area contributed by atoms with Crippen LogP contribution in [-0.2, 0) is 13.0 Å². The molecule has 0 atom stereocenters. The smallest absolute Gasteiger partial charge is 0.130 e. The molecule has 1 heterocycles. The molecule has 96 valence electrons. The van der Waals surface area contributed by atoms with Crippen molar-refractivity contribution in [2.24, 2.45) is 0 Å². The zero-order chi connectivity index (χ0) is 13.3. The third-order valence-corrected chi connectivity index (χ3v) is 3.35. The van der Waals surface area contributed by atoms with Gasteiger partial charge in [0.2, 0.25) is 0 Å². The van der Waals surface area contributed by atoms with Crippen LogP contribution in [-0.4, -0.2) is 9.78 Å². The molecule has 0 saturated carbocycles. The zero-order valence-electron chi connectivity index (χ0n) is 11.0. The van der Waals surface area contributed by atoms with Crippen molar-refractivity contribution in [2.75, 3.05) is 5.73 Å². The van der Waals surface area contributed by atoms with Crippen LogP contribution in [0.5, 0.6) is 0 Å². The van der Waals surface area contributed by atoms with E-state index in [0.717, 1.165) is 17.8 Å². The molecule has 0 spiro atoms. The molecule has 0 unspecified atom stereocenters. The van der Waals surface area contributed by atoms with E-state index in [4.69, 9.17) is 5.73 Å². The van der Waals surface area contributed by atoms with E-state index in [9.17, 15) is 4.39 Å². The lowest BCUT2D eigenvalue weighted by Crippen LogP contribution is -2.08. The molecular weight excluding hydrogens is 229 g/mol. The number of nitrogen functional groups attached to an aromatic ring is 1. The van der Waals surface area contributed by atoms with Crippen LogP contribution in [0, 0.1) is 19.7 Å². The monoisotopic (exact) mass is 247 g/mol. The summed E-state index contributed by atoms with van der Waals surface area (Å²) in [4.78, 5) is 0. The van der Waals surface area contributed by atoms with Gasteiger partial charge in [-0.15, -0.1) is 0 Å². The van der Waals surface area contributed by atoms with Gasteiger partial charge >= 0.3 is 0 Å². The van der Waals surface area contributed by atoms with Crippen molar-refractivity contribution in [1.82, 2.24) is 9.78 Å². The second-order valence-corrected chi connectivity index (χ2v) is 4.47. The lowest BCUT2D eigenvalue weighted by molar-refractivity contribution is 0.580. The number of rotatable bonds is 3. The number of hydrogen-bond acceptors (Lipinski definition) is 2. The fraction of sp³-hybridized carbons (Fsp3) is 0.357. The summed E-state index contributed by atoms with van der Waals surface area (Å²) in [6.45, 7) is 6.47. The van der Waals surface area contributed by atoms with Gasteiger partial charge in [-0.1, -0.05) is 13.0 Å². The molecule has 4 heteroatoms. The average Bonchev–Trinajstić information content (AvgIpc) is 2.59. The number of aromatic nitrogens is 2. The van der Waals surface area contributed by atoms with Gasteiger partial charge in [-0.2, -0.15) is 5.10 Å². The molecule has 2 rings (SSSR count). The Morgan fingerprint density at radius 2 is 2.00 bits per heavy atom. The first-order valence-electron chi connectivity index (χ1n) is 6.10. The highest BCUT2D eigenvalue weighted by Crippen LogP contribution is 2.20. The fourth-order valence-corrected chi connectivity index (χ4v) is 2.29. The van der Waals surface area contributed by atoms with Crippen LogP contribution in [0.3, 0.4) is 0 Å². The number of nitrogens with zero attached hydrogens (tertiary/aromatic N) is 2. The Hall–Kier alpha value is -1.84. The summed E-state index contributed by atoms with van der Waals surface area (Å²) in [5.74, 6) is -0.277. The second kappa shape index (κ2) is 4.80. The van der Waals surface area contributed by atoms with Gasteiger partial charge in [0.25, 0.3) is 0 Å². The minimum atomic E-state index is -0.277. The van der Waals surface area contributed by atoms with Crippen molar-refractivity contribution in [3.8, 4) is 0 Å². The zero-order valence-corrected chi connectivity index (χ0v) is 11.0. The molecular formula is C14H18FN3. The van der Waals surface area contributed by atoms with E-state index in [1.807, 2.05) is 18.5 Å². The summed E-state index contributed by atoms with van der Waals surface area (Å²) >= 11 is 0. The van der Waals surface area contributed by atoms with Crippen molar-refractivity contribution in [3.05, 3.63) is 46.5 Å². The maximum absolute atomic E-state index is 13.7. The number of benzene rings is 1. The molecule has 2 N–H and O–H groups in total. The maximum atomic E-state index is 13.7. The molecule has 3 nitrogen and oxygen atoms in total. The van der Waals surface area contributed by atoms with Gasteiger partial charge in [-0.3, -0.25) is 4.68 Å². The van der Waals surface area contributed by atoms with Crippen LogP contribution < -0.4 is 5.73 Å². The maximum Gasteiger partial charge on any atom is 0.130 e. The molecule has 0 radical (unpaired) electrons. The van der Waals surface area contributed by atoms with E-state index in [1.54, 1.807) is 12.1 Å². The highest BCUT2D eigenvalue weighted by atomic mass is 19.1. The molecule has 0 saturated heterocycles. The lowest BCUT2D eigenvalue weighted by Gasteiger charge is -2.09. The van der Waals surface area contributed by atoms with Crippen molar-refractivity contribution >= 4 is 5.69 Å². The van der Waals surface area contributed by atoms with Gasteiger partial charge in [0.05, 0.1) is 12.2 Å².